The van der Waals surface area contributed by atoms with Gasteiger partial charge in [0.1, 0.15) is 0 Å². The van der Waals surface area contributed by atoms with Crippen molar-refractivity contribution in [2.75, 3.05) is 6.54 Å². The molecule has 1 aromatic heterocycles. The summed E-state index contributed by atoms with van der Waals surface area (Å²) < 4.78 is 0. The quantitative estimate of drug-likeness (QED) is 0.823. The topological polar surface area (TPSA) is 54.0 Å². The molecule has 1 heterocycles. The first kappa shape index (κ1) is 17.0. The molecule has 2 N–H and O–H groups in total. The van der Waals surface area contributed by atoms with E-state index < -0.39 is 0 Å². The highest BCUT2D eigenvalue weighted by molar-refractivity contribution is 5.73. The Bertz CT molecular complexity index is 584. The summed E-state index contributed by atoms with van der Waals surface area (Å²) in [6.07, 6.45) is 4.43. The van der Waals surface area contributed by atoms with Crippen molar-refractivity contribution < 1.29 is 4.79 Å². The molecule has 122 valence electrons. The lowest BCUT2D eigenvalue weighted by Gasteiger charge is -2.21. The summed E-state index contributed by atoms with van der Waals surface area (Å²) in [6, 6.07) is 14.1. The molecule has 2 rings (SSSR count). The monoisotopic (exact) mass is 311 g/mol. The van der Waals surface area contributed by atoms with Crippen LogP contribution >= 0.6 is 0 Å². The standard InChI is InChI=1S/C19H25N3O/c1-15(2)18(12-16-6-4-3-5-7-16)14-22-19(23)21-13-17-8-10-20-11-9-17/h3-11,15,18H,12-14H2,1-2H3,(H2,21,22,23)/t18-/m0/s1. The van der Waals surface area contributed by atoms with Crippen LogP contribution in [0.25, 0.3) is 0 Å². The average molecular weight is 311 g/mol. The summed E-state index contributed by atoms with van der Waals surface area (Å²) in [4.78, 5) is 15.9. The van der Waals surface area contributed by atoms with E-state index in [1.807, 2.05) is 18.2 Å². The number of urea groups is 1. The normalized spacial score (nSPS) is 12.0. The molecule has 2 amide bonds. The highest BCUT2D eigenvalue weighted by Gasteiger charge is 2.15. The Morgan fingerprint density at radius 2 is 1.70 bits per heavy atom. The van der Waals surface area contributed by atoms with Gasteiger partial charge in [-0.25, -0.2) is 4.79 Å². The zero-order valence-corrected chi connectivity index (χ0v) is 13.8. The van der Waals surface area contributed by atoms with Gasteiger partial charge < -0.3 is 10.6 Å². The van der Waals surface area contributed by atoms with E-state index in [0.717, 1.165) is 12.0 Å². The van der Waals surface area contributed by atoms with Gasteiger partial charge in [-0.1, -0.05) is 44.2 Å². The number of carbonyl (C=O) groups excluding carboxylic acids is 1. The van der Waals surface area contributed by atoms with Gasteiger partial charge in [0.2, 0.25) is 0 Å². The second-order valence-corrected chi connectivity index (χ2v) is 6.11. The fourth-order valence-corrected chi connectivity index (χ4v) is 2.43. The third-order valence-electron chi connectivity index (χ3n) is 4.01. The van der Waals surface area contributed by atoms with Crippen LogP contribution in [0.1, 0.15) is 25.0 Å². The van der Waals surface area contributed by atoms with E-state index in [-0.39, 0.29) is 6.03 Å². The Morgan fingerprint density at radius 1 is 1.00 bits per heavy atom. The second kappa shape index (κ2) is 8.93. The molecule has 4 heteroatoms. The van der Waals surface area contributed by atoms with Crippen LogP contribution in [0.4, 0.5) is 4.79 Å². The van der Waals surface area contributed by atoms with E-state index in [1.54, 1.807) is 12.4 Å². The molecule has 1 atom stereocenters. The Morgan fingerprint density at radius 3 is 2.35 bits per heavy atom. The molecule has 0 unspecified atom stereocenters. The summed E-state index contributed by atoms with van der Waals surface area (Å²) in [5.74, 6) is 0.930. The summed E-state index contributed by atoms with van der Waals surface area (Å²) in [6.45, 7) is 5.59. The fraction of sp³-hybridized carbons (Fsp3) is 0.368. The first-order valence-corrected chi connectivity index (χ1v) is 8.09. The van der Waals surface area contributed by atoms with E-state index in [2.05, 4.69) is 53.7 Å². The molecule has 0 radical (unpaired) electrons. The number of amides is 2. The van der Waals surface area contributed by atoms with Crippen molar-refractivity contribution >= 4 is 6.03 Å². The number of pyridine rings is 1. The van der Waals surface area contributed by atoms with Gasteiger partial charge in [-0.05, 0) is 41.5 Å². The molecule has 0 saturated carbocycles. The van der Waals surface area contributed by atoms with E-state index in [9.17, 15) is 4.79 Å². The van der Waals surface area contributed by atoms with E-state index in [1.165, 1.54) is 5.56 Å². The number of carbonyl (C=O) groups is 1. The van der Waals surface area contributed by atoms with Crippen molar-refractivity contribution in [1.29, 1.82) is 0 Å². The molecular formula is C19H25N3O. The number of nitrogens with one attached hydrogen (secondary N) is 2. The summed E-state index contributed by atoms with van der Waals surface area (Å²) >= 11 is 0. The van der Waals surface area contributed by atoms with Gasteiger partial charge in [0.25, 0.3) is 0 Å². The fourth-order valence-electron chi connectivity index (χ4n) is 2.43. The Hall–Kier alpha value is -2.36. The molecule has 0 spiro atoms. The predicted octanol–water partition coefficient (Wildman–Crippen LogP) is 3.40. The third-order valence-corrected chi connectivity index (χ3v) is 4.01. The number of nitrogens with zero attached hydrogens (tertiary/aromatic N) is 1. The van der Waals surface area contributed by atoms with Gasteiger partial charge in [0.05, 0.1) is 0 Å². The van der Waals surface area contributed by atoms with Crippen LogP contribution < -0.4 is 10.6 Å². The SMILES string of the molecule is CC(C)[C@H](CNC(=O)NCc1ccncc1)Cc1ccccc1. The molecule has 23 heavy (non-hydrogen) atoms. The van der Waals surface area contributed by atoms with Gasteiger partial charge in [0.15, 0.2) is 0 Å². The molecular weight excluding hydrogens is 286 g/mol. The minimum atomic E-state index is -0.125. The molecule has 0 aliphatic heterocycles. The molecule has 1 aromatic carbocycles. The Kier molecular flexibility index (Phi) is 6.60. The number of aromatic nitrogens is 1. The lowest BCUT2D eigenvalue weighted by atomic mass is 9.89. The van der Waals surface area contributed by atoms with Crippen LogP contribution in [-0.4, -0.2) is 17.6 Å². The summed E-state index contributed by atoms with van der Waals surface area (Å²) in [5.41, 5.74) is 2.35. The highest BCUT2D eigenvalue weighted by Crippen LogP contribution is 2.16. The summed E-state index contributed by atoms with van der Waals surface area (Å²) in [5, 5.41) is 5.87. The van der Waals surface area contributed by atoms with Crippen LogP contribution in [-0.2, 0) is 13.0 Å². The molecule has 2 aromatic rings. The van der Waals surface area contributed by atoms with Gasteiger partial charge in [-0.15, -0.1) is 0 Å². The van der Waals surface area contributed by atoms with Gasteiger partial charge in [0, 0.05) is 25.5 Å². The van der Waals surface area contributed by atoms with E-state index in [4.69, 9.17) is 0 Å². The zero-order valence-electron chi connectivity index (χ0n) is 13.8. The molecule has 4 nitrogen and oxygen atoms in total. The van der Waals surface area contributed by atoms with Crippen molar-refractivity contribution in [3.63, 3.8) is 0 Å². The largest absolute Gasteiger partial charge is 0.338 e. The van der Waals surface area contributed by atoms with Crippen LogP contribution in [0.15, 0.2) is 54.9 Å². The first-order valence-electron chi connectivity index (χ1n) is 8.09. The lowest BCUT2D eigenvalue weighted by Crippen LogP contribution is -2.39. The van der Waals surface area contributed by atoms with Gasteiger partial charge in [-0.2, -0.15) is 0 Å². The van der Waals surface area contributed by atoms with Crippen LogP contribution in [0, 0.1) is 11.8 Å². The number of benzene rings is 1. The first-order chi connectivity index (χ1) is 11.1. The maximum absolute atomic E-state index is 12.0. The van der Waals surface area contributed by atoms with Crippen LogP contribution in [0.5, 0.6) is 0 Å². The van der Waals surface area contributed by atoms with Crippen LogP contribution in [0.3, 0.4) is 0 Å². The maximum Gasteiger partial charge on any atom is 0.315 e. The Labute approximate surface area is 138 Å². The lowest BCUT2D eigenvalue weighted by molar-refractivity contribution is 0.236. The second-order valence-electron chi connectivity index (χ2n) is 6.11. The third kappa shape index (κ3) is 6.10. The molecule has 0 bridgehead atoms. The molecule has 0 saturated heterocycles. The minimum Gasteiger partial charge on any atom is -0.338 e. The number of hydrogen-bond donors (Lipinski definition) is 2. The van der Waals surface area contributed by atoms with Crippen molar-refractivity contribution in [3.8, 4) is 0 Å². The van der Waals surface area contributed by atoms with E-state index >= 15 is 0 Å². The van der Waals surface area contributed by atoms with E-state index in [0.29, 0.717) is 24.9 Å². The maximum atomic E-state index is 12.0. The number of rotatable bonds is 7. The van der Waals surface area contributed by atoms with Crippen LogP contribution in [0.2, 0.25) is 0 Å². The van der Waals surface area contributed by atoms with Gasteiger partial charge >= 0.3 is 6.03 Å². The average Bonchev–Trinajstić information content (AvgIpc) is 2.58. The van der Waals surface area contributed by atoms with Crippen molar-refractivity contribution in [2.45, 2.75) is 26.8 Å². The predicted molar refractivity (Wildman–Crippen MR) is 92.9 cm³/mol. The van der Waals surface area contributed by atoms with Crippen molar-refractivity contribution in [1.82, 2.24) is 15.6 Å². The summed E-state index contributed by atoms with van der Waals surface area (Å²) in [7, 11) is 0. The smallest absolute Gasteiger partial charge is 0.315 e. The number of hydrogen-bond acceptors (Lipinski definition) is 2. The molecule has 0 fully saturated rings. The van der Waals surface area contributed by atoms with Gasteiger partial charge in [-0.3, -0.25) is 4.98 Å². The zero-order chi connectivity index (χ0) is 16.5. The van der Waals surface area contributed by atoms with Crippen molar-refractivity contribution in [2.24, 2.45) is 11.8 Å². The van der Waals surface area contributed by atoms with Crippen molar-refractivity contribution in [3.05, 3.63) is 66.0 Å². The Balaban J connectivity index is 1.78. The minimum absolute atomic E-state index is 0.125. The molecule has 0 aliphatic rings. The highest BCUT2D eigenvalue weighted by atomic mass is 16.2. The molecule has 0 aliphatic carbocycles.